The van der Waals surface area contributed by atoms with E-state index in [1.165, 1.54) is 18.6 Å². The van der Waals surface area contributed by atoms with Crippen LogP contribution in [0, 0.1) is 5.92 Å². The number of hydrogen-bond donors (Lipinski definition) is 6. The number of ether oxygens (including phenoxy) is 1. The van der Waals surface area contributed by atoms with Gasteiger partial charge in [0.2, 0.25) is 11.8 Å². The minimum absolute atomic E-state index is 0.0211. The van der Waals surface area contributed by atoms with E-state index >= 15 is 0 Å². The molecule has 11 nitrogen and oxygen atoms in total. The number of hydrogen-bond acceptors (Lipinski definition) is 6. The number of primary amides is 1. The maximum atomic E-state index is 13.5. The fourth-order valence-electron chi connectivity index (χ4n) is 4.69. The van der Waals surface area contributed by atoms with Gasteiger partial charge < -0.3 is 38.3 Å². The number of guanidine groups is 1. The summed E-state index contributed by atoms with van der Waals surface area (Å²) in [6, 6.07) is 9.58. The summed E-state index contributed by atoms with van der Waals surface area (Å²) >= 11 is 6.05. The lowest BCUT2D eigenvalue weighted by Crippen LogP contribution is -2.50. The predicted octanol–water partition coefficient (Wildman–Crippen LogP) is 3.01. The fraction of sp³-hybridized carbons (Fsp3) is 0.429. The SMILES string of the molecule is NC(=O)c1ccc(NC(=O)[C@H](CC2CCCCC2)NC(=O)[C@@H](N)CCCN=C(N)N)cc1Oc1cccc(Cl)c1. The molecule has 0 radical (unpaired) electrons. The zero-order chi connectivity index (χ0) is 29.1. The molecule has 0 saturated heterocycles. The minimum Gasteiger partial charge on any atom is -0.456 e. The van der Waals surface area contributed by atoms with Gasteiger partial charge >= 0.3 is 0 Å². The summed E-state index contributed by atoms with van der Waals surface area (Å²) in [5, 5.41) is 6.15. The summed E-state index contributed by atoms with van der Waals surface area (Å²) in [4.78, 5) is 42.3. The number of amides is 3. The van der Waals surface area contributed by atoms with E-state index < -0.39 is 29.8 Å². The summed E-state index contributed by atoms with van der Waals surface area (Å²) in [6.07, 6.45) is 6.72. The highest BCUT2D eigenvalue weighted by Crippen LogP contribution is 2.31. The van der Waals surface area contributed by atoms with Crippen LogP contribution >= 0.6 is 11.6 Å². The standard InChI is InChI=1S/C28H38ClN7O4/c29-18-8-4-9-20(15-18)40-24-16-19(11-12-21(24)25(31)37)35-27(39)23(14-17-6-2-1-3-7-17)36-26(38)22(30)10-5-13-34-28(32)33/h4,8-9,11-12,15-17,22-23H,1-3,5-7,10,13-14,30H2,(H2,31,37)(H,35,39)(H,36,38)(H4,32,33,34)/t22-,23-/m0/s1. The number of anilines is 1. The summed E-state index contributed by atoms with van der Waals surface area (Å²) < 4.78 is 5.87. The molecule has 0 aliphatic heterocycles. The fourth-order valence-corrected chi connectivity index (χ4v) is 4.87. The van der Waals surface area contributed by atoms with E-state index in [0.717, 1.165) is 25.7 Å². The van der Waals surface area contributed by atoms with E-state index in [-0.39, 0.29) is 17.3 Å². The molecule has 0 heterocycles. The summed E-state index contributed by atoms with van der Waals surface area (Å²) in [6.45, 7) is 0.357. The molecular weight excluding hydrogens is 534 g/mol. The lowest BCUT2D eigenvalue weighted by Gasteiger charge is -2.27. The Hall–Kier alpha value is -3.83. The third kappa shape index (κ3) is 9.73. The Bertz CT molecular complexity index is 1210. The highest BCUT2D eigenvalue weighted by Gasteiger charge is 2.28. The van der Waals surface area contributed by atoms with Crippen molar-refractivity contribution in [3.8, 4) is 11.5 Å². The summed E-state index contributed by atoms with van der Waals surface area (Å²) in [5.74, 6) is -0.667. The van der Waals surface area contributed by atoms with Gasteiger partial charge in [0.25, 0.3) is 5.91 Å². The Balaban J connectivity index is 1.74. The van der Waals surface area contributed by atoms with Crippen molar-refractivity contribution in [2.24, 2.45) is 33.8 Å². The number of nitrogens with zero attached hydrogens (tertiary/aromatic N) is 1. The Morgan fingerprint density at radius 1 is 1.02 bits per heavy atom. The molecule has 3 rings (SSSR count). The first-order valence-electron chi connectivity index (χ1n) is 13.4. The lowest BCUT2D eigenvalue weighted by molar-refractivity contribution is -0.127. The molecule has 1 saturated carbocycles. The van der Waals surface area contributed by atoms with Crippen LogP contribution in [0.25, 0.3) is 0 Å². The lowest BCUT2D eigenvalue weighted by atomic mass is 9.84. The van der Waals surface area contributed by atoms with E-state index in [4.69, 9.17) is 39.3 Å². The second kappa shape index (κ2) is 15.1. The van der Waals surface area contributed by atoms with Crippen LogP contribution < -0.4 is 38.3 Å². The van der Waals surface area contributed by atoms with Crippen LogP contribution in [0.5, 0.6) is 11.5 Å². The van der Waals surface area contributed by atoms with E-state index in [2.05, 4.69) is 15.6 Å². The highest BCUT2D eigenvalue weighted by molar-refractivity contribution is 6.30. The molecule has 0 bridgehead atoms. The van der Waals surface area contributed by atoms with Gasteiger partial charge in [0.05, 0.1) is 11.6 Å². The molecule has 10 N–H and O–H groups in total. The average Bonchev–Trinajstić information content (AvgIpc) is 2.91. The van der Waals surface area contributed by atoms with Gasteiger partial charge in [0.1, 0.15) is 17.5 Å². The van der Waals surface area contributed by atoms with Crippen LogP contribution in [0.2, 0.25) is 5.02 Å². The molecule has 0 spiro atoms. The molecule has 1 aliphatic carbocycles. The van der Waals surface area contributed by atoms with E-state index in [9.17, 15) is 14.4 Å². The minimum atomic E-state index is -0.816. The first-order chi connectivity index (χ1) is 19.1. The van der Waals surface area contributed by atoms with Gasteiger partial charge in [-0.05, 0) is 55.5 Å². The van der Waals surface area contributed by atoms with Crippen molar-refractivity contribution in [3.63, 3.8) is 0 Å². The van der Waals surface area contributed by atoms with Crippen molar-refractivity contribution < 1.29 is 19.1 Å². The molecule has 1 aliphatic rings. The molecule has 2 aromatic rings. The molecule has 0 unspecified atom stereocenters. The maximum absolute atomic E-state index is 13.5. The van der Waals surface area contributed by atoms with Crippen LogP contribution in [-0.4, -0.2) is 42.3 Å². The molecular formula is C28H38ClN7O4. The Morgan fingerprint density at radius 3 is 2.45 bits per heavy atom. The number of nitrogens with one attached hydrogen (secondary N) is 2. The molecule has 216 valence electrons. The topological polar surface area (TPSA) is 201 Å². The molecule has 1 fully saturated rings. The van der Waals surface area contributed by atoms with Crippen LogP contribution in [0.1, 0.15) is 61.7 Å². The van der Waals surface area contributed by atoms with Crippen LogP contribution in [0.3, 0.4) is 0 Å². The second-order valence-corrected chi connectivity index (χ2v) is 10.4. The van der Waals surface area contributed by atoms with Crippen molar-refractivity contribution in [1.82, 2.24) is 5.32 Å². The number of carbonyl (C=O) groups is 3. The number of halogens is 1. The molecule has 3 amide bonds. The third-order valence-corrected chi connectivity index (χ3v) is 7.00. The maximum Gasteiger partial charge on any atom is 0.252 e. The van der Waals surface area contributed by atoms with Gasteiger partial charge in [-0.1, -0.05) is 49.8 Å². The normalized spacial score (nSPS) is 14.9. The molecule has 0 aromatic heterocycles. The largest absolute Gasteiger partial charge is 0.456 e. The summed E-state index contributed by atoms with van der Waals surface area (Å²) in [5.41, 5.74) is 22.8. The third-order valence-electron chi connectivity index (χ3n) is 6.77. The number of benzene rings is 2. The molecule has 2 atom stereocenters. The van der Waals surface area contributed by atoms with Gasteiger partial charge in [-0.3, -0.25) is 19.4 Å². The van der Waals surface area contributed by atoms with Crippen molar-refractivity contribution in [1.29, 1.82) is 0 Å². The first kappa shape index (κ1) is 30.7. The van der Waals surface area contributed by atoms with Crippen LogP contribution in [-0.2, 0) is 9.59 Å². The quantitative estimate of drug-likeness (QED) is 0.120. The number of rotatable bonds is 13. The van der Waals surface area contributed by atoms with Gasteiger partial charge in [-0.15, -0.1) is 0 Å². The van der Waals surface area contributed by atoms with E-state index in [0.29, 0.717) is 48.2 Å². The Labute approximate surface area is 239 Å². The molecule has 12 heteroatoms. The first-order valence-corrected chi connectivity index (χ1v) is 13.8. The van der Waals surface area contributed by atoms with Crippen LogP contribution in [0.4, 0.5) is 5.69 Å². The van der Waals surface area contributed by atoms with E-state index in [1.807, 2.05) is 0 Å². The smallest absolute Gasteiger partial charge is 0.252 e. The van der Waals surface area contributed by atoms with Crippen molar-refractivity contribution >= 4 is 41.0 Å². The second-order valence-electron chi connectivity index (χ2n) is 9.98. The highest BCUT2D eigenvalue weighted by atomic mass is 35.5. The summed E-state index contributed by atoms with van der Waals surface area (Å²) in [7, 11) is 0. The van der Waals surface area contributed by atoms with Crippen molar-refractivity contribution in [2.45, 2.75) is 63.5 Å². The van der Waals surface area contributed by atoms with Crippen LogP contribution in [0.15, 0.2) is 47.5 Å². The van der Waals surface area contributed by atoms with Gasteiger partial charge in [-0.25, -0.2) is 0 Å². The number of carbonyl (C=O) groups excluding carboxylic acids is 3. The zero-order valence-electron chi connectivity index (χ0n) is 22.4. The Kier molecular flexibility index (Phi) is 11.6. The Morgan fingerprint density at radius 2 is 1.77 bits per heavy atom. The number of nitrogens with two attached hydrogens (primary N) is 4. The predicted molar refractivity (Wildman–Crippen MR) is 156 cm³/mol. The van der Waals surface area contributed by atoms with Crippen molar-refractivity contribution in [3.05, 3.63) is 53.1 Å². The number of aliphatic imine (C=N–C) groups is 1. The monoisotopic (exact) mass is 571 g/mol. The van der Waals surface area contributed by atoms with E-state index in [1.54, 1.807) is 30.3 Å². The molecule has 40 heavy (non-hydrogen) atoms. The van der Waals surface area contributed by atoms with Crippen molar-refractivity contribution in [2.75, 3.05) is 11.9 Å². The molecule has 2 aromatic carbocycles. The van der Waals surface area contributed by atoms with Gasteiger partial charge in [-0.2, -0.15) is 0 Å². The zero-order valence-corrected chi connectivity index (χ0v) is 23.2. The van der Waals surface area contributed by atoms with Gasteiger partial charge in [0, 0.05) is 23.3 Å². The average molecular weight is 572 g/mol. The van der Waals surface area contributed by atoms with Gasteiger partial charge in [0.15, 0.2) is 5.96 Å².